The molecule has 1 aliphatic heterocycles. The number of aryl methyl sites for hydroxylation is 1. The lowest BCUT2D eigenvalue weighted by atomic mass is 9.85. The van der Waals surface area contributed by atoms with Gasteiger partial charge in [-0.3, -0.25) is 0 Å². The van der Waals surface area contributed by atoms with E-state index >= 15 is 0 Å². The summed E-state index contributed by atoms with van der Waals surface area (Å²) in [6, 6.07) is 4.13. The Labute approximate surface area is 102 Å². The maximum Gasteiger partial charge on any atom is 0.146 e. The summed E-state index contributed by atoms with van der Waals surface area (Å²) >= 11 is 0. The normalized spacial score (nSPS) is 22.6. The van der Waals surface area contributed by atoms with Crippen LogP contribution in [0.1, 0.15) is 23.7 Å². The molecule has 1 aliphatic rings. The first kappa shape index (κ1) is 11.4. The molecule has 0 aliphatic carbocycles. The number of rotatable bonds is 1. The molecule has 0 N–H and O–H groups in total. The van der Waals surface area contributed by atoms with Crippen molar-refractivity contribution in [2.75, 3.05) is 7.05 Å². The van der Waals surface area contributed by atoms with Gasteiger partial charge in [0.1, 0.15) is 11.8 Å². The van der Waals surface area contributed by atoms with Gasteiger partial charge >= 0.3 is 0 Å². The maximum atomic E-state index is 9.20. The summed E-state index contributed by atoms with van der Waals surface area (Å²) in [4.78, 5) is 6.26. The molecular weight excluding hydrogens is 210 g/mol. The summed E-state index contributed by atoms with van der Waals surface area (Å²) in [6.07, 6.45) is 9.78. The van der Waals surface area contributed by atoms with Crippen molar-refractivity contribution in [2.45, 2.75) is 19.4 Å². The molecule has 3 heteroatoms. The van der Waals surface area contributed by atoms with Crippen LogP contribution in [0.2, 0.25) is 0 Å². The van der Waals surface area contributed by atoms with Crippen LogP contribution in [0.5, 0.6) is 0 Å². The summed E-state index contributed by atoms with van der Waals surface area (Å²) in [5.41, 5.74) is 2.26. The smallest absolute Gasteiger partial charge is 0.146 e. The van der Waals surface area contributed by atoms with Crippen molar-refractivity contribution >= 4 is 0 Å². The van der Waals surface area contributed by atoms with Gasteiger partial charge in [0.05, 0.1) is 5.54 Å². The topological polar surface area (TPSA) is 39.9 Å². The van der Waals surface area contributed by atoms with Crippen molar-refractivity contribution < 1.29 is 0 Å². The predicted molar refractivity (Wildman–Crippen MR) is 67.1 cm³/mol. The second-order valence-corrected chi connectivity index (χ2v) is 4.42. The molecule has 3 nitrogen and oxygen atoms in total. The molecule has 0 saturated heterocycles. The first-order valence-electron chi connectivity index (χ1n) is 5.55. The van der Waals surface area contributed by atoms with Crippen LogP contribution < -0.4 is 0 Å². The van der Waals surface area contributed by atoms with E-state index in [0.29, 0.717) is 5.69 Å². The van der Waals surface area contributed by atoms with Gasteiger partial charge in [0.2, 0.25) is 0 Å². The molecule has 86 valence electrons. The molecule has 0 amide bonds. The zero-order valence-corrected chi connectivity index (χ0v) is 10.3. The largest absolute Gasteiger partial charge is 0.367 e. The second kappa shape index (κ2) is 4.06. The highest BCUT2D eigenvalue weighted by molar-refractivity contribution is 5.45. The van der Waals surface area contributed by atoms with E-state index in [4.69, 9.17) is 0 Å². The number of hydrogen-bond acceptors (Lipinski definition) is 3. The van der Waals surface area contributed by atoms with Gasteiger partial charge in [0.15, 0.2) is 0 Å². The van der Waals surface area contributed by atoms with E-state index in [0.717, 1.165) is 11.1 Å². The molecule has 0 spiro atoms. The molecule has 1 unspecified atom stereocenters. The minimum absolute atomic E-state index is 0.307. The predicted octanol–water partition coefficient (Wildman–Crippen LogP) is 2.49. The Balaban J connectivity index is 2.65. The average Bonchev–Trinajstić information content (AvgIpc) is 2.32. The van der Waals surface area contributed by atoms with Crippen molar-refractivity contribution in [3.05, 3.63) is 53.5 Å². The summed E-state index contributed by atoms with van der Waals surface area (Å²) in [5, 5.41) is 9.20. The fourth-order valence-electron chi connectivity index (χ4n) is 2.24. The highest BCUT2D eigenvalue weighted by atomic mass is 15.2. The lowest BCUT2D eigenvalue weighted by molar-refractivity contribution is 0.259. The van der Waals surface area contributed by atoms with E-state index in [1.807, 2.05) is 38.4 Å². The van der Waals surface area contributed by atoms with E-state index in [9.17, 15) is 5.26 Å². The van der Waals surface area contributed by atoms with E-state index in [2.05, 4.69) is 29.0 Å². The van der Waals surface area contributed by atoms with Crippen molar-refractivity contribution in [3.63, 3.8) is 0 Å². The molecule has 17 heavy (non-hydrogen) atoms. The summed E-state index contributed by atoms with van der Waals surface area (Å²) < 4.78 is 0. The highest BCUT2D eigenvalue weighted by Gasteiger charge is 2.32. The Morgan fingerprint density at radius 3 is 2.82 bits per heavy atom. The minimum atomic E-state index is -0.307. The van der Waals surface area contributed by atoms with E-state index in [1.165, 1.54) is 0 Å². The quantitative estimate of drug-likeness (QED) is 0.737. The highest BCUT2D eigenvalue weighted by Crippen LogP contribution is 2.34. The van der Waals surface area contributed by atoms with Crippen molar-refractivity contribution in [1.82, 2.24) is 9.88 Å². The molecule has 0 radical (unpaired) electrons. The van der Waals surface area contributed by atoms with Crippen LogP contribution in [-0.2, 0) is 5.54 Å². The summed E-state index contributed by atoms with van der Waals surface area (Å²) in [5.74, 6) is 0. The van der Waals surface area contributed by atoms with Gasteiger partial charge < -0.3 is 4.90 Å². The average molecular weight is 225 g/mol. The fourth-order valence-corrected chi connectivity index (χ4v) is 2.24. The van der Waals surface area contributed by atoms with Crippen LogP contribution in [-0.4, -0.2) is 16.9 Å². The third kappa shape index (κ3) is 1.72. The summed E-state index contributed by atoms with van der Waals surface area (Å²) in [7, 11) is 2.01. The monoisotopic (exact) mass is 225 g/mol. The molecule has 2 heterocycles. The number of nitrogens with zero attached hydrogens (tertiary/aromatic N) is 3. The second-order valence-electron chi connectivity index (χ2n) is 4.42. The molecule has 1 aromatic rings. The Morgan fingerprint density at radius 1 is 1.41 bits per heavy atom. The van der Waals surface area contributed by atoms with Gasteiger partial charge in [-0.05, 0) is 37.8 Å². The lowest BCUT2D eigenvalue weighted by Gasteiger charge is -2.39. The van der Waals surface area contributed by atoms with Crippen LogP contribution in [0.4, 0.5) is 0 Å². The molecule has 1 atom stereocenters. The molecule has 0 aromatic carbocycles. The Morgan fingerprint density at radius 2 is 2.18 bits per heavy atom. The number of hydrogen-bond donors (Lipinski definition) is 0. The zero-order chi connectivity index (χ0) is 12.5. The van der Waals surface area contributed by atoms with E-state index in [-0.39, 0.29) is 5.54 Å². The number of likely N-dealkylation sites (N-methyl/N-ethyl adjacent to an activating group) is 1. The van der Waals surface area contributed by atoms with Crippen LogP contribution in [0.15, 0.2) is 36.7 Å². The van der Waals surface area contributed by atoms with Gasteiger partial charge in [-0.2, -0.15) is 5.26 Å². The zero-order valence-electron chi connectivity index (χ0n) is 10.3. The minimum Gasteiger partial charge on any atom is -0.367 e. The Bertz CT molecular complexity index is 537. The van der Waals surface area contributed by atoms with Gasteiger partial charge in [0, 0.05) is 18.8 Å². The first-order chi connectivity index (χ1) is 8.09. The standard InChI is InChI=1S/C14H15N3/c1-11-6-8-16-12(10-15)13(11)14(2)7-4-5-9-17(14)3/h4-9H,1-3H3. The SMILES string of the molecule is Cc1ccnc(C#N)c1C1(C)C=CC=CN1C. The van der Waals surface area contributed by atoms with Crippen LogP contribution in [0.3, 0.4) is 0 Å². The van der Waals surface area contributed by atoms with E-state index in [1.54, 1.807) is 6.20 Å². The Kier molecular flexibility index (Phi) is 2.72. The van der Waals surface area contributed by atoms with E-state index < -0.39 is 0 Å². The number of allylic oxidation sites excluding steroid dienone is 2. The number of pyridine rings is 1. The lowest BCUT2D eigenvalue weighted by Crippen LogP contribution is -2.38. The molecule has 0 saturated carbocycles. The molecule has 0 bridgehead atoms. The molecular formula is C14H15N3. The van der Waals surface area contributed by atoms with Gasteiger partial charge in [0.25, 0.3) is 0 Å². The Hall–Kier alpha value is -2.08. The number of nitriles is 1. The molecule has 2 rings (SSSR count). The number of aromatic nitrogens is 1. The van der Waals surface area contributed by atoms with Crippen molar-refractivity contribution in [1.29, 1.82) is 5.26 Å². The van der Waals surface area contributed by atoms with Gasteiger partial charge in [-0.1, -0.05) is 12.2 Å². The maximum absolute atomic E-state index is 9.20. The third-order valence-electron chi connectivity index (χ3n) is 3.35. The van der Waals surface area contributed by atoms with Crippen LogP contribution >= 0.6 is 0 Å². The third-order valence-corrected chi connectivity index (χ3v) is 3.35. The van der Waals surface area contributed by atoms with Crippen molar-refractivity contribution in [3.8, 4) is 6.07 Å². The summed E-state index contributed by atoms with van der Waals surface area (Å²) in [6.45, 7) is 4.11. The van der Waals surface area contributed by atoms with Crippen LogP contribution in [0.25, 0.3) is 0 Å². The van der Waals surface area contributed by atoms with Crippen molar-refractivity contribution in [2.24, 2.45) is 0 Å². The first-order valence-corrected chi connectivity index (χ1v) is 5.55. The van der Waals surface area contributed by atoms with Crippen LogP contribution in [0, 0.1) is 18.3 Å². The van der Waals surface area contributed by atoms with Gasteiger partial charge in [-0.25, -0.2) is 4.98 Å². The van der Waals surface area contributed by atoms with Gasteiger partial charge in [-0.15, -0.1) is 0 Å². The fraction of sp³-hybridized carbons (Fsp3) is 0.286. The molecule has 1 aromatic heterocycles. The molecule has 0 fully saturated rings.